The lowest BCUT2D eigenvalue weighted by Crippen LogP contribution is -2.13. The molecule has 0 aliphatic heterocycles. The van der Waals surface area contributed by atoms with E-state index in [4.69, 9.17) is 0 Å². The van der Waals surface area contributed by atoms with Crippen LogP contribution in [0.3, 0.4) is 0 Å². The summed E-state index contributed by atoms with van der Waals surface area (Å²) in [5.41, 5.74) is 4.37. The van der Waals surface area contributed by atoms with Gasteiger partial charge in [-0.3, -0.25) is 0 Å². The predicted octanol–water partition coefficient (Wildman–Crippen LogP) is 3.93. The zero-order chi connectivity index (χ0) is 20.1. The summed E-state index contributed by atoms with van der Waals surface area (Å²) >= 11 is 1.68. The second kappa shape index (κ2) is 10.3. The van der Waals surface area contributed by atoms with Gasteiger partial charge < -0.3 is 19.6 Å². The molecule has 0 saturated carbocycles. The number of hydrogen-bond donors (Lipinski definition) is 4. The summed E-state index contributed by atoms with van der Waals surface area (Å²) in [4.78, 5) is 41.2. The third-order valence-corrected chi connectivity index (χ3v) is 7.70. The Morgan fingerprint density at radius 1 is 0.593 bits per heavy atom. The van der Waals surface area contributed by atoms with Crippen molar-refractivity contribution in [3.63, 3.8) is 0 Å². The van der Waals surface area contributed by atoms with E-state index in [1.807, 2.05) is 38.1 Å². The number of hydrogen-bond acceptors (Lipinski definition) is 5. The highest BCUT2D eigenvalue weighted by Gasteiger charge is 2.19. The van der Waals surface area contributed by atoms with Crippen LogP contribution in [0, 0.1) is 0 Å². The molecule has 2 aromatic carbocycles. The molecule has 0 bridgehead atoms. The molecule has 4 nitrogen and oxygen atoms in total. The second-order valence-corrected chi connectivity index (χ2v) is 9.38. The van der Waals surface area contributed by atoms with Gasteiger partial charge in [-0.05, 0) is 72.2 Å². The van der Waals surface area contributed by atoms with Gasteiger partial charge in [-0.2, -0.15) is 0 Å². The van der Waals surface area contributed by atoms with Crippen molar-refractivity contribution in [2.45, 2.75) is 63.2 Å². The highest BCUT2D eigenvalue weighted by atomic mass is 32.2. The first-order valence-corrected chi connectivity index (χ1v) is 12.5. The lowest BCUT2D eigenvalue weighted by atomic mass is 10.0. The second-order valence-electron chi connectivity index (χ2n) is 6.18. The molecule has 0 saturated heterocycles. The smallest absolute Gasteiger partial charge is 0.199 e. The van der Waals surface area contributed by atoms with E-state index >= 15 is 0 Å². The summed E-state index contributed by atoms with van der Waals surface area (Å²) in [5.74, 6) is 0. The molecule has 2 rings (SSSR count). The van der Waals surface area contributed by atoms with Gasteiger partial charge in [0.1, 0.15) is 0 Å². The first-order chi connectivity index (χ1) is 12.9. The molecular formula is C20H28O4P2S. The number of benzene rings is 2. The molecule has 0 amide bonds. The van der Waals surface area contributed by atoms with Crippen molar-refractivity contribution in [2.24, 2.45) is 0 Å². The summed E-state index contributed by atoms with van der Waals surface area (Å²) in [6.45, 7) is 8.26. The molecule has 0 aromatic heterocycles. The highest BCUT2D eigenvalue weighted by molar-refractivity contribution is 7.99. The van der Waals surface area contributed by atoms with Gasteiger partial charge in [-0.25, -0.2) is 0 Å². The van der Waals surface area contributed by atoms with Crippen LogP contribution in [-0.2, 0) is 25.7 Å². The van der Waals surface area contributed by atoms with Crippen molar-refractivity contribution in [3.8, 4) is 0 Å². The van der Waals surface area contributed by atoms with Crippen LogP contribution in [0.4, 0.5) is 0 Å². The zero-order valence-electron chi connectivity index (χ0n) is 16.2. The van der Waals surface area contributed by atoms with Gasteiger partial charge in [0.05, 0.1) is 0 Å². The van der Waals surface area contributed by atoms with Crippen LogP contribution in [0.15, 0.2) is 34.1 Å². The van der Waals surface area contributed by atoms with Crippen LogP contribution in [-0.4, -0.2) is 19.6 Å². The summed E-state index contributed by atoms with van der Waals surface area (Å²) in [5, 5.41) is 1.28. The van der Waals surface area contributed by atoms with Gasteiger partial charge in [0.25, 0.3) is 0 Å². The van der Waals surface area contributed by atoms with Crippen LogP contribution in [0.1, 0.15) is 49.9 Å². The van der Waals surface area contributed by atoms with Crippen molar-refractivity contribution in [3.05, 3.63) is 46.5 Å². The standard InChI is InChI=1S/C20H28O4P2S/c1-5-13-15(7-3)19(11-9-17(13)25(21)22)27-20-12-10-18(26(23)24)14(6-2)16(20)8-4/h9-12,21-24H,5-8H2,1-4H3. The summed E-state index contributed by atoms with van der Waals surface area (Å²) < 4.78 is 0. The lowest BCUT2D eigenvalue weighted by Gasteiger charge is -2.20. The Labute approximate surface area is 168 Å². The fraction of sp³-hybridized carbons (Fsp3) is 0.400. The molecular weight excluding hydrogens is 398 g/mol. The fourth-order valence-corrected chi connectivity index (χ4v) is 6.34. The van der Waals surface area contributed by atoms with Gasteiger partial charge in [0.2, 0.25) is 0 Å². The van der Waals surface area contributed by atoms with Gasteiger partial charge in [-0.15, -0.1) is 0 Å². The monoisotopic (exact) mass is 426 g/mol. The van der Waals surface area contributed by atoms with Crippen molar-refractivity contribution in [1.29, 1.82) is 0 Å². The fourth-order valence-electron chi connectivity index (χ4n) is 3.57. The molecule has 0 fully saturated rings. The Morgan fingerprint density at radius 2 is 0.926 bits per heavy atom. The minimum atomic E-state index is -2.11. The third-order valence-electron chi connectivity index (χ3n) is 4.79. The topological polar surface area (TPSA) is 80.9 Å². The van der Waals surface area contributed by atoms with E-state index in [0.29, 0.717) is 10.6 Å². The molecule has 0 unspecified atom stereocenters. The lowest BCUT2D eigenvalue weighted by molar-refractivity contribution is 0.495. The summed E-state index contributed by atoms with van der Waals surface area (Å²) in [6.07, 6.45) is 3.15. The van der Waals surface area contributed by atoms with Crippen LogP contribution in [0.5, 0.6) is 0 Å². The van der Waals surface area contributed by atoms with Crippen molar-refractivity contribution in [1.82, 2.24) is 0 Å². The van der Waals surface area contributed by atoms with Crippen molar-refractivity contribution >= 4 is 39.1 Å². The maximum absolute atomic E-state index is 9.74. The third kappa shape index (κ3) is 4.92. The average Bonchev–Trinajstić information content (AvgIpc) is 2.66. The molecule has 0 aliphatic rings. The van der Waals surface area contributed by atoms with Gasteiger partial charge >= 0.3 is 0 Å². The molecule has 0 aliphatic carbocycles. The maximum atomic E-state index is 9.74. The maximum Gasteiger partial charge on any atom is 0.199 e. The Balaban J connectivity index is 2.57. The highest BCUT2D eigenvalue weighted by Crippen LogP contribution is 2.39. The molecule has 0 atom stereocenters. The van der Waals surface area contributed by atoms with Crippen LogP contribution in [0.2, 0.25) is 0 Å². The average molecular weight is 426 g/mol. The van der Waals surface area contributed by atoms with E-state index in [1.165, 1.54) is 0 Å². The van der Waals surface area contributed by atoms with E-state index in [2.05, 4.69) is 13.8 Å². The van der Waals surface area contributed by atoms with Crippen LogP contribution < -0.4 is 10.6 Å². The Kier molecular flexibility index (Phi) is 8.70. The molecule has 0 radical (unpaired) electrons. The van der Waals surface area contributed by atoms with Gasteiger partial charge in [0, 0.05) is 20.4 Å². The Hall–Kier alpha value is -0.510. The normalized spacial score (nSPS) is 11.6. The van der Waals surface area contributed by atoms with Crippen LogP contribution >= 0.6 is 28.5 Å². The van der Waals surface area contributed by atoms with E-state index < -0.39 is 16.8 Å². The Morgan fingerprint density at radius 3 is 1.19 bits per heavy atom. The predicted molar refractivity (Wildman–Crippen MR) is 117 cm³/mol. The summed E-state index contributed by atoms with van der Waals surface area (Å²) in [6, 6.07) is 7.61. The molecule has 148 valence electrons. The summed E-state index contributed by atoms with van der Waals surface area (Å²) in [7, 11) is -4.21. The quantitative estimate of drug-likeness (QED) is 0.481. The van der Waals surface area contributed by atoms with E-state index in [-0.39, 0.29) is 0 Å². The molecule has 0 heterocycles. The minimum Gasteiger partial charge on any atom is -0.347 e. The molecule has 4 N–H and O–H groups in total. The first kappa shape index (κ1) is 22.8. The Bertz CT molecular complexity index is 729. The van der Waals surface area contributed by atoms with Crippen molar-refractivity contribution in [2.75, 3.05) is 0 Å². The SMILES string of the molecule is CCc1c(Sc2ccc(P(O)O)c(CC)c2CC)ccc(P(O)O)c1CC. The molecule has 27 heavy (non-hydrogen) atoms. The zero-order valence-corrected chi connectivity index (χ0v) is 18.8. The minimum absolute atomic E-state index is 0.639. The molecule has 7 heteroatoms. The van der Waals surface area contributed by atoms with E-state index in [0.717, 1.165) is 57.7 Å². The van der Waals surface area contributed by atoms with Gasteiger partial charge in [-0.1, -0.05) is 39.5 Å². The van der Waals surface area contributed by atoms with E-state index in [9.17, 15) is 19.6 Å². The van der Waals surface area contributed by atoms with Crippen LogP contribution in [0.25, 0.3) is 0 Å². The first-order valence-electron chi connectivity index (χ1n) is 9.22. The van der Waals surface area contributed by atoms with E-state index in [1.54, 1.807) is 11.8 Å². The largest absolute Gasteiger partial charge is 0.347 e. The number of rotatable bonds is 8. The molecule has 2 aromatic rings. The van der Waals surface area contributed by atoms with Gasteiger partial charge in [0.15, 0.2) is 16.8 Å². The van der Waals surface area contributed by atoms with Crippen molar-refractivity contribution < 1.29 is 19.6 Å². The molecule has 0 spiro atoms.